The van der Waals surface area contributed by atoms with Crippen molar-refractivity contribution < 1.29 is 51.5 Å². The molecular weight excluding hydrogens is 512 g/mol. The van der Waals surface area contributed by atoms with Crippen molar-refractivity contribution in [3.8, 4) is 11.1 Å². The molecule has 3 aromatic carbocycles. The Bertz CT molecular complexity index is 1320. The van der Waals surface area contributed by atoms with E-state index in [2.05, 4.69) is 10.6 Å². The average Bonchev–Trinajstić information content (AvgIpc) is 2.86. The molecule has 0 heterocycles. The van der Waals surface area contributed by atoms with Crippen LogP contribution in [0, 0.1) is 6.92 Å². The summed E-state index contributed by atoms with van der Waals surface area (Å²) in [5.74, 6) is -2.54. The number of aryl methyl sites for hydroxylation is 1. The number of alkyl halides is 3. The number of halogens is 3. The molecule has 2 N–H and O–H groups in total. The number of amides is 2. The van der Waals surface area contributed by atoms with Gasteiger partial charge in [-0.05, 0) is 72.4 Å². The zero-order valence-electron chi connectivity index (χ0n) is 21.0. The smallest absolute Gasteiger partial charge is 0.548 e. The fourth-order valence-corrected chi connectivity index (χ4v) is 4.24. The van der Waals surface area contributed by atoms with Gasteiger partial charge < -0.3 is 20.5 Å². The molecule has 0 saturated heterocycles. The van der Waals surface area contributed by atoms with E-state index in [4.69, 9.17) is 0 Å². The van der Waals surface area contributed by atoms with E-state index in [1.165, 1.54) is 42.1 Å². The van der Waals surface area contributed by atoms with Crippen LogP contribution in [0.4, 0.5) is 18.9 Å². The van der Waals surface area contributed by atoms with Crippen LogP contribution in [-0.2, 0) is 11.0 Å². The molecule has 0 aromatic heterocycles. The number of thioether (sulfide) groups is 1. The molecule has 11 heteroatoms. The number of rotatable bonds is 9. The zero-order valence-corrected chi connectivity index (χ0v) is 21.8. The molecule has 1 atom stereocenters. The van der Waals surface area contributed by atoms with Crippen molar-refractivity contribution in [1.29, 1.82) is 0 Å². The minimum absolute atomic E-state index is 0. The molecule has 3 aromatic rings. The van der Waals surface area contributed by atoms with Crippen molar-refractivity contribution in [3.63, 3.8) is 0 Å². The van der Waals surface area contributed by atoms with Gasteiger partial charge in [-0.3, -0.25) is 9.59 Å². The number of hydrogen-bond acceptors (Lipinski definition) is 5. The van der Waals surface area contributed by atoms with Gasteiger partial charge in [0, 0.05) is 11.3 Å². The quantitative estimate of drug-likeness (QED) is 0.405. The average molecular weight is 537 g/mol. The summed E-state index contributed by atoms with van der Waals surface area (Å²) in [6.07, 6.45) is -2.74. The molecule has 0 bridgehead atoms. The second kappa shape index (κ2) is 13.6. The monoisotopic (exact) mass is 536 g/mol. The van der Waals surface area contributed by atoms with Crippen LogP contribution >= 0.6 is 11.8 Å². The number of carbonyl (C=O) groups is 3. The summed E-state index contributed by atoms with van der Waals surface area (Å²) in [5, 5.41) is 16.5. The number of carboxylic acids is 1. The van der Waals surface area contributed by atoms with Crippen LogP contribution in [0.15, 0.2) is 66.7 Å². The second-order valence-electron chi connectivity index (χ2n) is 8.20. The van der Waals surface area contributed by atoms with Gasteiger partial charge in [0.2, 0.25) is 0 Å². The zero-order chi connectivity index (χ0) is 27.2. The molecule has 0 aliphatic carbocycles. The number of benzene rings is 3. The summed E-state index contributed by atoms with van der Waals surface area (Å²) in [6.45, 7) is 1.81. The standard InChI is InChI=1S/C27H25F3N2O4S.Li/c1-16-7-3-4-8-18(16)21-15-17(31-25(34)20-9-5-6-10-22(20)27(28,29)30)11-12-19(21)24(33)32-23(26(35)36)13-14-37-2;/h3-12,15,23H,13-14H2,1-2H3,(H,31,34)(H,32,33)(H,35,36);/q;+1/p-1/t23-;/m0./s1. The van der Waals surface area contributed by atoms with E-state index in [0.29, 0.717) is 16.9 Å². The number of anilines is 1. The van der Waals surface area contributed by atoms with Gasteiger partial charge in [-0.2, -0.15) is 24.9 Å². The fourth-order valence-electron chi connectivity index (χ4n) is 3.77. The molecule has 0 fully saturated rings. The second-order valence-corrected chi connectivity index (χ2v) is 9.18. The van der Waals surface area contributed by atoms with Crippen LogP contribution in [0.5, 0.6) is 0 Å². The Hall–Kier alpha value is -3.19. The van der Waals surface area contributed by atoms with Crippen LogP contribution in [-0.4, -0.2) is 35.8 Å². The summed E-state index contributed by atoms with van der Waals surface area (Å²) in [4.78, 5) is 37.4. The molecule has 0 unspecified atom stereocenters. The molecule has 0 aliphatic rings. The fraction of sp³-hybridized carbons (Fsp3) is 0.222. The van der Waals surface area contributed by atoms with E-state index in [1.54, 1.807) is 18.2 Å². The van der Waals surface area contributed by atoms with Crippen LogP contribution < -0.4 is 34.6 Å². The Morgan fingerprint density at radius 2 is 1.58 bits per heavy atom. The number of aliphatic carboxylic acids is 1. The summed E-state index contributed by atoms with van der Waals surface area (Å²) < 4.78 is 40.2. The third kappa shape index (κ3) is 7.66. The summed E-state index contributed by atoms with van der Waals surface area (Å²) in [7, 11) is 0. The van der Waals surface area contributed by atoms with Crippen molar-refractivity contribution in [2.75, 3.05) is 17.3 Å². The predicted octanol–water partition coefficient (Wildman–Crippen LogP) is 1.54. The first-order valence-electron chi connectivity index (χ1n) is 11.2. The van der Waals surface area contributed by atoms with Crippen LogP contribution in [0.25, 0.3) is 11.1 Å². The number of nitrogens with one attached hydrogen (secondary N) is 2. The molecule has 194 valence electrons. The van der Waals surface area contributed by atoms with Crippen molar-refractivity contribution in [2.24, 2.45) is 0 Å². The van der Waals surface area contributed by atoms with Gasteiger partial charge in [-0.1, -0.05) is 36.4 Å². The summed E-state index contributed by atoms with van der Waals surface area (Å²) in [6, 6.07) is 14.6. The first-order valence-corrected chi connectivity index (χ1v) is 12.6. The summed E-state index contributed by atoms with van der Waals surface area (Å²) in [5.41, 5.74) is 0.490. The largest absolute Gasteiger partial charge is 1.00 e. The van der Waals surface area contributed by atoms with Gasteiger partial charge in [-0.15, -0.1) is 0 Å². The maximum atomic E-state index is 13.4. The van der Waals surface area contributed by atoms with E-state index < -0.39 is 41.1 Å². The molecule has 38 heavy (non-hydrogen) atoms. The van der Waals surface area contributed by atoms with E-state index in [0.717, 1.165) is 17.7 Å². The molecular formula is C27H24F3LiN2O4S. The molecule has 0 aliphatic heterocycles. The third-order valence-electron chi connectivity index (χ3n) is 5.63. The van der Waals surface area contributed by atoms with Gasteiger partial charge in [0.15, 0.2) is 0 Å². The van der Waals surface area contributed by atoms with Gasteiger partial charge in [0.1, 0.15) is 0 Å². The molecule has 0 saturated carbocycles. The molecule has 6 nitrogen and oxygen atoms in total. The number of hydrogen-bond donors (Lipinski definition) is 2. The minimum atomic E-state index is -4.71. The third-order valence-corrected chi connectivity index (χ3v) is 6.28. The van der Waals surface area contributed by atoms with Crippen molar-refractivity contribution in [3.05, 3.63) is 89.0 Å². The van der Waals surface area contributed by atoms with Crippen molar-refractivity contribution in [2.45, 2.75) is 25.6 Å². The first-order chi connectivity index (χ1) is 17.5. The Balaban J connectivity index is 0.00000507. The number of carbonyl (C=O) groups excluding carboxylic acids is 3. The summed E-state index contributed by atoms with van der Waals surface area (Å²) >= 11 is 1.43. The van der Waals surface area contributed by atoms with Gasteiger partial charge in [-0.25, -0.2) is 0 Å². The minimum Gasteiger partial charge on any atom is -0.548 e. The Morgan fingerprint density at radius 3 is 2.21 bits per heavy atom. The van der Waals surface area contributed by atoms with Gasteiger partial charge >= 0.3 is 25.0 Å². The SMILES string of the molecule is CSCC[C@H](NC(=O)c1ccc(NC(=O)c2ccccc2C(F)(F)F)cc1-c1ccccc1C)C(=O)[O-].[Li+]. The maximum Gasteiger partial charge on any atom is 1.00 e. The van der Waals surface area contributed by atoms with Crippen LogP contribution in [0.2, 0.25) is 0 Å². The van der Waals surface area contributed by atoms with Gasteiger partial charge in [0.05, 0.1) is 23.1 Å². The van der Waals surface area contributed by atoms with E-state index >= 15 is 0 Å². The van der Waals surface area contributed by atoms with E-state index in [1.807, 2.05) is 19.2 Å². The maximum absolute atomic E-state index is 13.4. The Morgan fingerprint density at radius 1 is 0.921 bits per heavy atom. The number of carboxylic acid groups (broad SMARTS) is 1. The molecule has 0 spiro atoms. The van der Waals surface area contributed by atoms with Crippen LogP contribution in [0.1, 0.15) is 38.3 Å². The normalized spacial score (nSPS) is 11.7. The topological polar surface area (TPSA) is 98.3 Å². The van der Waals surface area contributed by atoms with Crippen LogP contribution in [0.3, 0.4) is 0 Å². The Labute approximate surface area is 234 Å². The first kappa shape index (κ1) is 31.0. The molecule has 2 amide bonds. The van der Waals surface area contributed by atoms with Gasteiger partial charge in [0.25, 0.3) is 11.8 Å². The van der Waals surface area contributed by atoms with Crippen molar-refractivity contribution in [1.82, 2.24) is 5.32 Å². The molecule has 0 radical (unpaired) electrons. The van der Waals surface area contributed by atoms with Crippen molar-refractivity contribution >= 4 is 35.2 Å². The van der Waals surface area contributed by atoms with E-state index in [9.17, 15) is 32.7 Å². The Kier molecular flexibility index (Phi) is 11.1. The van der Waals surface area contributed by atoms with E-state index in [-0.39, 0.29) is 36.5 Å². The predicted molar refractivity (Wildman–Crippen MR) is 135 cm³/mol. The molecule has 3 rings (SSSR count).